The Morgan fingerprint density at radius 3 is 2.05 bits per heavy atom. The highest BCUT2D eigenvalue weighted by Crippen LogP contribution is 2.35. The maximum absolute atomic E-state index is 14.0. The van der Waals surface area contributed by atoms with Crippen molar-refractivity contribution in [2.75, 3.05) is 0 Å². The Labute approximate surface area is 114 Å². The van der Waals surface area contributed by atoms with Gasteiger partial charge in [-0.15, -0.1) is 0 Å². The second-order valence-corrected chi connectivity index (χ2v) is 5.39. The lowest BCUT2D eigenvalue weighted by Crippen LogP contribution is -2.18. The molecule has 3 rings (SSSR count). The molecule has 0 bridgehead atoms. The van der Waals surface area contributed by atoms with Crippen molar-refractivity contribution in [2.24, 2.45) is 0 Å². The highest BCUT2D eigenvalue weighted by Gasteiger charge is 2.25. The van der Waals surface area contributed by atoms with Crippen LogP contribution in [0.3, 0.4) is 0 Å². The fraction of sp³-hybridized carbons (Fsp3) is 0.333. The van der Waals surface area contributed by atoms with E-state index in [1.165, 1.54) is 11.1 Å². The third-order valence-electron chi connectivity index (χ3n) is 4.13. The van der Waals surface area contributed by atoms with Gasteiger partial charge in [-0.1, -0.05) is 67.4 Å². The number of rotatable bonds is 2. The van der Waals surface area contributed by atoms with Crippen LogP contribution in [0.1, 0.15) is 37.2 Å². The molecule has 1 aliphatic rings. The first kappa shape index (κ1) is 12.4. The number of hydrogen-bond acceptors (Lipinski definition) is 0. The van der Waals surface area contributed by atoms with E-state index in [4.69, 9.17) is 0 Å². The Balaban J connectivity index is 1.83. The second-order valence-electron chi connectivity index (χ2n) is 5.39. The van der Waals surface area contributed by atoms with Crippen LogP contribution in [0.4, 0.5) is 4.39 Å². The van der Waals surface area contributed by atoms with Crippen molar-refractivity contribution in [3.05, 3.63) is 60.2 Å². The van der Waals surface area contributed by atoms with Crippen molar-refractivity contribution in [1.82, 2.24) is 0 Å². The molecule has 2 atom stereocenters. The predicted octanol–water partition coefficient (Wildman–Crippen LogP) is 5.35. The average Bonchev–Trinajstić information content (AvgIpc) is 2.49. The molecule has 1 saturated carbocycles. The molecule has 1 aliphatic carbocycles. The molecule has 0 aliphatic heterocycles. The number of halogens is 1. The molecule has 0 radical (unpaired) electrons. The summed E-state index contributed by atoms with van der Waals surface area (Å²) in [6.45, 7) is 0. The van der Waals surface area contributed by atoms with Crippen LogP contribution in [0.15, 0.2) is 54.6 Å². The van der Waals surface area contributed by atoms with Gasteiger partial charge in [0.1, 0.15) is 6.17 Å². The zero-order valence-electron chi connectivity index (χ0n) is 11.1. The van der Waals surface area contributed by atoms with Crippen LogP contribution >= 0.6 is 0 Å². The van der Waals surface area contributed by atoms with Crippen molar-refractivity contribution < 1.29 is 4.39 Å². The van der Waals surface area contributed by atoms with Gasteiger partial charge in [0.15, 0.2) is 0 Å². The third-order valence-corrected chi connectivity index (χ3v) is 4.13. The minimum absolute atomic E-state index is 0.110. The van der Waals surface area contributed by atoms with E-state index in [1.807, 2.05) is 18.2 Å². The molecule has 0 unspecified atom stereocenters. The van der Waals surface area contributed by atoms with E-state index >= 15 is 0 Å². The molecule has 19 heavy (non-hydrogen) atoms. The largest absolute Gasteiger partial charge is 0.247 e. The fourth-order valence-corrected chi connectivity index (χ4v) is 3.01. The van der Waals surface area contributed by atoms with E-state index in [0.717, 1.165) is 31.2 Å². The summed E-state index contributed by atoms with van der Waals surface area (Å²) in [6.07, 6.45) is 3.26. The molecule has 0 nitrogen and oxygen atoms in total. The van der Waals surface area contributed by atoms with E-state index in [9.17, 15) is 4.39 Å². The van der Waals surface area contributed by atoms with Gasteiger partial charge >= 0.3 is 0 Å². The van der Waals surface area contributed by atoms with Gasteiger partial charge < -0.3 is 0 Å². The number of benzene rings is 2. The van der Waals surface area contributed by atoms with Crippen LogP contribution < -0.4 is 0 Å². The van der Waals surface area contributed by atoms with Crippen molar-refractivity contribution in [3.63, 3.8) is 0 Å². The summed E-state index contributed by atoms with van der Waals surface area (Å²) in [5.74, 6) is 0.110. The Kier molecular flexibility index (Phi) is 3.63. The van der Waals surface area contributed by atoms with Crippen molar-refractivity contribution >= 4 is 0 Å². The number of alkyl halides is 1. The molecule has 1 fully saturated rings. The molecule has 0 saturated heterocycles. The quantitative estimate of drug-likeness (QED) is 0.677. The van der Waals surface area contributed by atoms with E-state index < -0.39 is 6.17 Å². The van der Waals surface area contributed by atoms with E-state index in [2.05, 4.69) is 36.4 Å². The van der Waals surface area contributed by atoms with E-state index in [-0.39, 0.29) is 5.92 Å². The van der Waals surface area contributed by atoms with E-state index in [0.29, 0.717) is 0 Å². The van der Waals surface area contributed by atoms with Crippen LogP contribution in [0.2, 0.25) is 0 Å². The Morgan fingerprint density at radius 2 is 1.37 bits per heavy atom. The van der Waals surface area contributed by atoms with Gasteiger partial charge in [0.2, 0.25) is 0 Å². The summed E-state index contributed by atoms with van der Waals surface area (Å²) in [4.78, 5) is 0. The minimum Gasteiger partial charge on any atom is -0.247 e. The fourth-order valence-electron chi connectivity index (χ4n) is 3.01. The normalized spacial score (nSPS) is 23.2. The van der Waals surface area contributed by atoms with Crippen LogP contribution in [-0.2, 0) is 0 Å². The third kappa shape index (κ3) is 2.70. The molecule has 0 amide bonds. The topological polar surface area (TPSA) is 0 Å². The van der Waals surface area contributed by atoms with Crippen LogP contribution in [0.5, 0.6) is 0 Å². The first-order valence-corrected chi connectivity index (χ1v) is 7.14. The highest BCUT2D eigenvalue weighted by molar-refractivity contribution is 5.63. The van der Waals surface area contributed by atoms with Crippen molar-refractivity contribution in [3.8, 4) is 11.1 Å². The summed E-state index contributed by atoms with van der Waals surface area (Å²) < 4.78 is 14.0. The zero-order chi connectivity index (χ0) is 13.1. The van der Waals surface area contributed by atoms with Gasteiger partial charge in [0.25, 0.3) is 0 Å². The second kappa shape index (κ2) is 5.56. The Hall–Kier alpha value is -1.63. The first-order valence-electron chi connectivity index (χ1n) is 7.14. The summed E-state index contributed by atoms with van der Waals surface area (Å²) in [6, 6.07) is 18.8. The van der Waals surface area contributed by atoms with Crippen molar-refractivity contribution in [1.29, 1.82) is 0 Å². The Bertz CT molecular complexity index is 515. The SMILES string of the molecule is F[C@H]1CCCC[C@@H]1c1ccc(-c2ccccc2)cc1. The monoisotopic (exact) mass is 254 g/mol. The smallest absolute Gasteiger partial charge is 0.107 e. The lowest BCUT2D eigenvalue weighted by Gasteiger charge is -2.26. The molecule has 2 aromatic rings. The van der Waals surface area contributed by atoms with Gasteiger partial charge in [0.05, 0.1) is 0 Å². The molecule has 0 spiro atoms. The minimum atomic E-state index is -0.656. The summed E-state index contributed by atoms with van der Waals surface area (Å²) >= 11 is 0. The first-order chi connectivity index (χ1) is 9.34. The van der Waals surface area contributed by atoms with Gasteiger partial charge in [-0.25, -0.2) is 4.39 Å². The molecule has 0 heterocycles. The van der Waals surface area contributed by atoms with E-state index in [1.54, 1.807) is 0 Å². The van der Waals surface area contributed by atoms with Gasteiger partial charge in [-0.05, 0) is 29.5 Å². The summed E-state index contributed by atoms with van der Waals surface area (Å²) in [5.41, 5.74) is 3.58. The molecule has 0 N–H and O–H groups in total. The molecule has 98 valence electrons. The molecule has 1 heteroatoms. The lowest BCUT2D eigenvalue weighted by atomic mass is 9.82. The van der Waals surface area contributed by atoms with Gasteiger partial charge in [-0.3, -0.25) is 0 Å². The molecule has 2 aromatic carbocycles. The maximum Gasteiger partial charge on any atom is 0.107 e. The molecular formula is C18H19F. The number of hydrogen-bond donors (Lipinski definition) is 0. The Morgan fingerprint density at radius 1 is 0.737 bits per heavy atom. The van der Waals surface area contributed by atoms with Gasteiger partial charge in [0, 0.05) is 5.92 Å². The van der Waals surface area contributed by atoms with Gasteiger partial charge in [-0.2, -0.15) is 0 Å². The lowest BCUT2D eigenvalue weighted by molar-refractivity contribution is 0.216. The predicted molar refractivity (Wildman–Crippen MR) is 78.0 cm³/mol. The van der Waals surface area contributed by atoms with Crippen LogP contribution in [0.25, 0.3) is 11.1 Å². The van der Waals surface area contributed by atoms with Crippen LogP contribution in [0, 0.1) is 0 Å². The van der Waals surface area contributed by atoms with Crippen LogP contribution in [-0.4, -0.2) is 6.17 Å². The zero-order valence-corrected chi connectivity index (χ0v) is 11.1. The standard InChI is InChI=1S/C18H19F/c19-18-9-5-4-8-17(18)16-12-10-15(11-13-16)14-6-2-1-3-7-14/h1-3,6-7,10-13,17-18H,4-5,8-9H2/t17-,18+/m1/s1. The maximum atomic E-state index is 14.0. The average molecular weight is 254 g/mol. The van der Waals surface area contributed by atoms with Crippen molar-refractivity contribution in [2.45, 2.75) is 37.8 Å². The molecule has 0 aromatic heterocycles. The molecular weight excluding hydrogens is 235 g/mol. The summed E-state index contributed by atoms with van der Waals surface area (Å²) in [5, 5.41) is 0. The summed E-state index contributed by atoms with van der Waals surface area (Å²) in [7, 11) is 0. The highest BCUT2D eigenvalue weighted by atomic mass is 19.1.